The first-order chi connectivity index (χ1) is 35.0. The van der Waals surface area contributed by atoms with Crippen molar-refractivity contribution in [1.29, 1.82) is 0 Å². The highest BCUT2D eigenvalue weighted by Gasteiger charge is 2.44. The molecular formula is C67H83BrN2O. The molecule has 1 aromatic heterocycles. The van der Waals surface area contributed by atoms with E-state index in [1.807, 2.05) is 42.5 Å². The van der Waals surface area contributed by atoms with Crippen LogP contribution in [0.2, 0.25) is 0 Å². The lowest BCUT2D eigenvalue weighted by atomic mass is 9.63. The highest BCUT2D eigenvalue weighted by atomic mass is 79.9. The van der Waals surface area contributed by atoms with Crippen molar-refractivity contribution in [3.05, 3.63) is 160 Å². The topological polar surface area (TPSA) is 25.2 Å². The highest BCUT2D eigenvalue weighted by molar-refractivity contribution is 9.10. The SMILES string of the molecule is CCCCCCCCCCCCCCCCCn1c2ccc(Br)cc2c2cc(-c3cccc4c3C(CCCCCC)(CCCCCC)c3ccccc3N4c3ccc(C(=O)c4ccccc4)cc3)ccc21. The quantitative estimate of drug-likeness (QED) is 0.0331. The van der Waals surface area contributed by atoms with E-state index in [1.54, 1.807) is 0 Å². The number of halogens is 1. The Morgan fingerprint density at radius 1 is 0.465 bits per heavy atom. The summed E-state index contributed by atoms with van der Waals surface area (Å²) >= 11 is 3.88. The summed E-state index contributed by atoms with van der Waals surface area (Å²) in [5.41, 5.74) is 13.0. The molecule has 0 amide bonds. The third-order valence-corrected chi connectivity index (χ3v) is 16.4. The first-order valence-electron chi connectivity index (χ1n) is 28.4. The second-order valence-electron chi connectivity index (χ2n) is 21.0. The van der Waals surface area contributed by atoms with Crippen molar-refractivity contribution in [3.63, 3.8) is 0 Å². The molecule has 0 N–H and O–H groups in total. The fourth-order valence-corrected chi connectivity index (χ4v) is 12.4. The smallest absolute Gasteiger partial charge is 0.193 e. The van der Waals surface area contributed by atoms with Crippen LogP contribution >= 0.6 is 15.9 Å². The van der Waals surface area contributed by atoms with Gasteiger partial charge in [-0.05, 0) is 108 Å². The predicted octanol–water partition coefficient (Wildman–Crippen LogP) is 21.3. The van der Waals surface area contributed by atoms with Gasteiger partial charge in [-0.3, -0.25) is 4.79 Å². The van der Waals surface area contributed by atoms with Crippen LogP contribution in [0.4, 0.5) is 17.1 Å². The number of para-hydroxylation sites is 1. The Morgan fingerprint density at radius 2 is 0.972 bits per heavy atom. The molecule has 0 unspecified atom stereocenters. The van der Waals surface area contributed by atoms with Gasteiger partial charge in [0.2, 0.25) is 0 Å². The van der Waals surface area contributed by atoms with Gasteiger partial charge >= 0.3 is 0 Å². The van der Waals surface area contributed by atoms with E-state index in [1.165, 1.54) is 203 Å². The van der Waals surface area contributed by atoms with Gasteiger partial charge in [0.15, 0.2) is 5.78 Å². The van der Waals surface area contributed by atoms with Crippen molar-refractivity contribution in [1.82, 2.24) is 4.57 Å². The van der Waals surface area contributed by atoms with Crippen molar-refractivity contribution >= 4 is 60.6 Å². The van der Waals surface area contributed by atoms with Crippen molar-refractivity contribution < 1.29 is 4.79 Å². The summed E-state index contributed by atoms with van der Waals surface area (Å²) in [5, 5.41) is 2.66. The maximum atomic E-state index is 13.7. The third-order valence-electron chi connectivity index (χ3n) is 15.9. The lowest BCUT2D eigenvalue weighted by Crippen LogP contribution is -2.36. The molecule has 0 atom stereocenters. The molecule has 71 heavy (non-hydrogen) atoms. The van der Waals surface area contributed by atoms with E-state index in [4.69, 9.17) is 0 Å². The Kier molecular flexibility index (Phi) is 19.7. The van der Waals surface area contributed by atoms with Gasteiger partial charge < -0.3 is 9.47 Å². The molecule has 0 bridgehead atoms. The van der Waals surface area contributed by atoms with Crippen LogP contribution in [0.3, 0.4) is 0 Å². The fourth-order valence-electron chi connectivity index (χ4n) is 12.1. The largest absolute Gasteiger partial charge is 0.340 e. The van der Waals surface area contributed by atoms with E-state index >= 15 is 0 Å². The number of carbonyl (C=O) groups is 1. The molecule has 8 rings (SSSR count). The maximum absolute atomic E-state index is 13.7. The summed E-state index contributed by atoms with van der Waals surface area (Å²) in [6, 6.07) is 48.7. The maximum Gasteiger partial charge on any atom is 0.193 e. The number of hydrogen-bond acceptors (Lipinski definition) is 2. The number of anilines is 3. The fraction of sp³-hybridized carbons (Fsp3) is 0.448. The average molecular weight is 1010 g/mol. The Morgan fingerprint density at radius 3 is 1.59 bits per heavy atom. The first kappa shape index (κ1) is 52.4. The van der Waals surface area contributed by atoms with Gasteiger partial charge in [0, 0.05) is 55.1 Å². The Bertz CT molecular complexity index is 2740. The molecule has 0 fully saturated rings. The summed E-state index contributed by atoms with van der Waals surface area (Å²) in [6.07, 6.45) is 32.8. The molecule has 3 nitrogen and oxygen atoms in total. The molecule has 0 aliphatic carbocycles. The predicted molar refractivity (Wildman–Crippen MR) is 310 cm³/mol. The number of hydrogen-bond donors (Lipinski definition) is 0. The Balaban J connectivity index is 1.11. The lowest BCUT2D eigenvalue weighted by molar-refractivity contribution is 0.103. The number of aryl methyl sites for hydroxylation is 1. The number of ketones is 1. The minimum absolute atomic E-state index is 0.0515. The molecule has 2 heterocycles. The van der Waals surface area contributed by atoms with Crippen LogP contribution in [-0.2, 0) is 12.0 Å². The zero-order chi connectivity index (χ0) is 49.3. The number of carbonyl (C=O) groups excluding carboxylic acids is 1. The second kappa shape index (κ2) is 26.7. The number of fused-ring (bicyclic) bond motifs is 5. The van der Waals surface area contributed by atoms with E-state index < -0.39 is 0 Å². The number of rotatable bonds is 30. The van der Waals surface area contributed by atoms with Crippen LogP contribution in [0.15, 0.2) is 138 Å². The van der Waals surface area contributed by atoms with Crippen LogP contribution in [-0.4, -0.2) is 10.4 Å². The number of unbranched alkanes of at least 4 members (excludes halogenated alkanes) is 20. The normalized spacial score (nSPS) is 13.0. The van der Waals surface area contributed by atoms with Crippen molar-refractivity contribution in [3.8, 4) is 11.1 Å². The van der Waals surface area contributed by atoms with Gasteiger partial charge in [-0.1, -0.05) is 245 Å². The van der Waals surface area contributed by atoms with Crippen LogP contribution < -0.4 is 4.90 Å². The minimum Gasteiger partial charge on any atom is -0.340 e. The molecule has 6 aromatic carbocycles. The minimum atomic E-state index is -0.163. The molecule has 0 saturated heterocycles. The molecule has 374 valence electrons. The van der Waals surface area contributed by atoms with Crippen molar-refractivity contribution in [2.75, 3.05) is 4.90 Å². The molecule has 0 saturated carbocycles. The summed E-state index contributed by atoms with van der Waals surface area (Å²) in [7, 11) is 0. The Hall–Kier alpha value is -4.93. The average Bonchev–Trinajstić information content (AvgIpc) is 3.71. The molecule has 0 spiro atoms. The molecule has 0 radical (unpaired) electrons. The molecule has 4 heteroatoms. The highest BCUT2D eigenvalue weighted by Crippen LogP contribution is 2.58. The molecule has 1 aliphatic heterocycles. The number of benzene rings is 6. The molecule has 1 aliphatic rings. The van der Waals surface area contributed by atoms with Crippen molar-refractivity contribution in [2.45, 2.75) is 193 Å². The van der Waals surface area contributed by atoms with E-state index in [-0.39, 0.29) is 11.2 Å². The summed E-state index contributed by atoms with van der Waals surface area (Å²) in [5.74, 6) is 0.0515. The van der Waals surface area contributed by atoms with Gasteiger partial charge in [-0.2, -0.15) is 0 Å². The zero-order valence-corrected chi connectivity index (χ0v) is 45.4. The van der Waals surface area contributed by atoms with Crippen LogP contribution in [0.1, 0.15) is 208 Å². The van der Waals surface area contributed by atoms with Crippen LogP contribution in [0.25, 0.3) is 32.9 Å². The van der Waals surface area contributed by atoms with E-state index in [0.717, 1.165) is 29.5 Å². The summed E-state index contributed by atoms with van der Waals surface area (Å²) < 4.78 is 3.74. The monoisotopic (exact) mass is 1010 g/mol. The van der Waals surface area contributed by atoms with E-state index in [2.05, 4.69) is 137 Å². The van der Waals surface area contributed by atoms with Crippen molar-refractivity contribution in [2.24, 2.45) is 0 Å². The van der Waals surface area contributed by atoms with Crippen LogP contribution in [0, 0.1) is 0 Å². The molecule has 7 aromatic rings. The van der Waals surface area contributed by atoms with Gasteiger partial charge in [-0.25, -0.2) is 0 Å². The van der Waals surface area contributed by atoms with E-state index in [0.29, 0.717) is 11.1 Å². The van der Waals surface area contributed by atoms with Gasteiger partial charge in [0.05, 0.1) is 11.4 Å². The second-order valence-corrected chi connectivity index (χ2v) is 21.9. The van der Waals surface area contributed by atoms with E-state index in [9.17, 15) is 4.79 Å². The number of aromatic nitrogens is 1. The molecular weight excluding hydrogens is 929 g/mol. The van der Waals surface area contributed by atoms with Gasteiger partial charge in [0.25, 0.3) is 0 Å². The number of nitrogens with zero attached hydrogens (tertiary/aromatic N) is 2. The standard InChI is InChI=1S/C67H83BrN2O/c1-4-7-10-13-14-15-16-17-18-19-20-21-22-23-31-49-69-61-45-41-54(50-58(61)59-51-55(68)42-46-62(59)69)57-35-32-38-64-65(57)67(47-29-11-8-5-2,48-30-12-9-6-3)60-36-27-28-37-63(60)70(64)56-43-39-53(40-44-56)66(71)52-33-25-24-26-34-52/h24-28,32-46,50-51H,4-23,29-31,47-49H2,1-3H3. The summed E-state index contributed by atoms with van der Waals surface area (Å²) in [6.45, 7) is 8.00. The van der Waals surface area contributed by atoms with Crippen LogP contribution in [0.5, 0.6) is 0 Å². The first-order valence-corrected chi connectivity index (χ1v) is 29.2. The third kappa shape index (κ3) is 12.6. The van der Waals surface area contributed by atoms with Gasteiger partial charge in [-0.15, -0.1) is 0 Å². The summed E-state index contributed by atoms with van der Waals surface area (Å²) in [4.78, 5) is 16.2. The zero-order valence-electron chi connectivity index (χ0n) is 43.8. The Labute approximate surface area is 437 Å². The van der Waals surface area contributed by atoms with Gasteiger partial charge in [0.1, 0.15) is 0 Å². The lowest BCUT2D eigenvalue weighted by Gasteiger charge is -2.47.